The largest absolute Gasteiger partial charge is 0.508 e. The Morgan fingerprint density at radius 3 is 2.65 bits per heavy atom. The maximum absolute atomic E-state index is 9.89. The van der Waals surface area contributed by atoms with Crippen LogP contribution in [0.1, 0.15) is 5.69 Å². The zero-order valence-corrected chi connectivity index (χ0v) is 12.8. The predicted molar refractivity (Wildman–Crippen MR) is 92.2 cm³/mol. The van der Waals surface area contributed by atoms with Gasteiger partial charge in [0.15, 0.2) is 0 Å². The van der Waals surface area contributed by atoms with Crippen molar-refractivity contribution in [3.8, 4) is 11.5 Å². The minimum Gasteiger partial charge on any atom is -0.508 e. The number of hydrogen-bond donors (Lipinski definition) is 1. The fourth-order valence-corrected chi connectivity index (χ4v) is 3.35. The van der Waals surface area contributed by atoms with E-state index < -0.39 is 0 Å². The number of hydrogen-bond acceptors (Lipinski definition) is 2. The third-order valence-corrected chi connectivity index (χ3v) is 4.36. The fraction of sp³-hybridized carbons (Fsp3) is 0.0500. The topological polar surface area (TPSA) is 33.3 Å². The maximum atomic E-state index is 9.89. The van der Waals surface area contributed by atoms with E-state index in [9.17, 15) is 5.11 Å². The lowest BCUT2D eigenvalue weighted by Gasteiger charge is -2.20. The number of allylic oxidation sites excluding steroid dienone is 3. The summed E-state index contributed by atoms with van der Waals surface area (Å²) in [5, 5.41) is 13.1. The zero-order valence-electron chi connectivity index (χ0n) is 12.8. The van der Waals surface area contributed by atoms with Gasteiger partial charge in [-0.05, 0) is 24.3 Å². The van der Waals surface area contributed by atoms with E-state index in [4.69, 9.17) is 4.74 Å². The molecule has 0 amide bonds. The number of ether oxygens (including phenoxy) is 1. The summed E-state index contributed by atoms with van der Waals surface area (Å²) in [6.45, 7) is 7.78. The second kappa shape index (κ2) is 4.71. The summed E-state index contributed by atoms with van der Waals surface area (Å²) in [7, 11) is 1.99. The molecule has 1 N–H and O–H groups in total. The minimum atomic E-state index is 0.246. The van der Waals surface area contributed by atoms with Gasteiger partial charge < -0.3 is 9.84 Å². The summed E-state index contributed by atoms with van der Waals surface area (Å²) in [4.78, 5) is 0. The number of aryl methyl sites for hydroxylation is 1. The van der Waals surface area contributed by atoms with Gasteiger partial charge in [-0.15, -0.1) is 0 Å². The van der Waals surface area contributed by atoms with Crippen LogP contribution in [0.2, 0.25) is 0 Å². The first-order valence-corrected chi connectivity index (χ1v) is 7.40. The zero-order chi connectivity index (χ0) is 16.1. The second-order valence-electron chi connectivity index (χ2n) is 5.58. The summed E-state index contributed by atoms with van der Waals surface area (Å²) in [6.07, 6.45) is 3.49. The average Bonchev–Trinajstić information content (AvgIpc) is 2.58. The molecule has 0 spiro atoms. The highest BCUT2D eigenvalue weighted by Crippen LogP contribution is 2.41. The van der Waals surface area contributed by atoms with Crippen molar-refractivity contribution in [3.63, 3.8) is 0 Å². The molecule has 0 aliphatic carbocycles. The van der Waals surface area contributed by atoms with Gasteiger partial charge in [-0.25, -0.2) is 0 Å². The van der Waals surface area contributed by atoms with Gasteiger partial charge in [0, 0.05) is 5.39 Å². The van der Waals surface area contributed by atoms with E-state index >= 15 is 0 Å². The van der Waals surface area contributed by atoms with E-state index in [0.29, 0.717) is 5.76 Å². The van der Waals surface area contributed by atoms with E-state index in [1.165, 1.54) is 0 Å². The lowest BCUT2D eigenvalue weighted by molar-refractivity contribution is -0.645. The van der Waals surface area contributed by atoms with Crippen LogP contribution in [-0.2, 0) is 7.05 Å². The summed E-state index contributed by atoms with van der Waals surface area (Å²) in [5.41, 5.74) is 2.87. The van der Waals surface area contributed by atoms with E-state index in [2.05, 4.69) is 23.8 Å². The number of aromatic hydroxyl groups is 1. The van der Waals surface area contributed by atoms with Crippen LogP contribution >= 0.6 is 0 Å². The van der Waals surface area contributed by atoms with Crippen molar-refractivity contribution >= 4 is 27.2 Å². The molecule has 3 nitrogen and oxygen atoms in total. The Morgan fingerprint density at radius 1 is 1.09 bits per heavy atom. The number of rotatable bonds is 2. The molecule has 1 aromatic heterocycles. The van der Waals surface area contributed by atoms with Gasteiger partial charge in [0.2, 0.25) is 11.2 Å². The predicted octanol–water partition coefficient (Wildman–Crippen LogP) is 4.00. The number of nitrogens with zero attached hydrogens (tertiary/aromatic N) is 1. The lowest BCUT2D eigenvalue weighted by atomic mass is 9.96. The Labute approximate surface area is 134 Å². The average molecular weight is 302 g/mol. The SMILES string of the molecule is C=CC1=C(C=C)c2c3c(cccc3c3ccc(O)cc3[n+]2C)O1. The normalized spacial score (nSPS) is 13.3. The van der Waals surface area contributed by atoms with Gasteiger partial charge in [-0.1, -0.05) is 31.4 Å². The van der Waals surface area contributed by atoms with Gasteiger partial charge in [0.05, 0.1) is 22.4 Å². The summed E-state index contributed by atoms with van der Waals surface area (Å²) >= 11 is 0. The van der Waals surface area contributed by atoms with Crippen molar-refractivity contribution in [2.24, 2.45) is 7.05 Å². The summed E-state index contributed by atoms with van der Waals surface area (Å²) < 4.78 is 8.09. The molecule has 0 bridgehead atoms. The molecule has 0 fully saturated rings. The molecular weight excluding hydrogens is 286 g/mol. The number of phenolic OH excluding ortho intramolecular Hbond substituents is 1. The van der Waals surface area contributed by atoms with Gasteiger partial charge >= 0.3 is 0 Å². The molecule has 1 aliphatic heterocycles. The van der Waals surface area contributed by atoms with Gasteiger partial charge in [-0.2, -0.15) is 4.57 Å². The number of benzene rings is 2. The number of aromatic nitrogens is 1. The summed E-state index contributed by atoms with van der Waals surface area (Å²) in [5.74, 6) is 1.75. The van der Waals surface area contributed by atoms with E-state index in [1.54, 1.807) is 24.3 Å². The smallest absolute Gasteiger partial charge is 0.228 e. The van der Waals surface area contributed by atoms with E-state index in [0.717, 1.165) is 38.7 Å². The first-order valence-electron chi connectivity index (χ1n) is 7.40. The molecule has 0 saturated carbocycles. The molecular formula is C20H16NO2+. The third kappa shape index (κ3) is 1.73. The fourth-order valence-electron chi connectivity index (χ4n) is 3.35. The minimum absolute atomic E-state index is 0.246. The molecule has 0 saturated heterocycles. The van der Waals surface area contributed by atoms with Crippen LogP contribution < -0.4 is 9.30 Å². The van der Waals surface area contributed by atoms with Crippen LogP contribution in [0.15, 0.2) is 67.5 Å². The van der Waals surface area contributed by atoms with Crippen LogP contribution in [0.4, 0.5) is 0 Å². The molecule has 2 heterocycles. The van der Waals surface area contributed by atoms with Crippen LogP contribution in [0.5, 0.6) is 11.5 Å². The number of phenols is 1. The molecule has 3 heteroatoms. The van der Waals surface area contributed by atoms with Crippen molar-refractivity contribution in [1.82, 2.24) is 0 Å². The van der Waals surface area contributed by atoms with E-state index in [1.807, 2.05) is 25.2 Å². The molecule has 2 aromatic carbocycles. The van der Waals surface area contributed by atoms with Crippen molar-refractivity contribution in [2.75, 3.05) is 0 Å². The Bertz CT molecular complexity index is 1040. The van der Waals surface area contributed by atoms with Crippen molar-refractivity contribution in [1.29, 1.82) is 0 Å². The van der Waals surface area contributed by atoms with Crippen molar-refractivity contribution < 1.29 is 14.4 Å². The van der Waals surface area contributed by atoms with Crippen LogP contribution in [0, 0.1) is 0 Å². The van der Waals surface area contributed by atoms with Crippen molar-refractivity contribution in [2.45, 2.75) is 0 Å². The number of pyridine rings is 1. The molecule has 3 aromatic rings. The maximum Gasteiger partial charge on any atom is 0.228 e. The highest BCUT2D eigenvalue weighted by Gasteiger charge is 2.29. The third-order valence-electron chi connectivity index (χ3n) is 4.36. The van der Waals surface area contributed by atoms with E-state index in [-0.39, 0.29) is 5.75 Å². The molecule has 0 atom stereocenters. The van der Waals surface area contributed by atoms with Crippen LogP contribution in [0.25, 0.3) is 27.2 Å². The Kier molecular flexibility index (Phi) is 2.78. The highest BCUT2D eigenvalue weighted by atomic mass is 16.5. The van der Waals surface area contributed by atoms with Gasteiger partial charge in [-0.3, -0.25) is 0 Å². The molecule has 4 rings (SSSR count). The van der Waals surface area contributed by atoms with Gasteiger partial charge in [0.25, 0.3) is 0 Å². The Balaban J connectivity index is 2.32. The van der Waals surface area contributed by atoms with Crippen LogP contribution in [0.3, 0.4) is 0 Å². The van der Waals surface area contributed by atoms with Crippen molar-refractivity contribution in [3.05, 3.63) is 73.2 Å². The lowest BCUT2D eigenvalue weighted by Crippen LogP contribution is -2.35. The van der Waals surface area contributed by atoms with Gasteiger partial charge in [0.1, 0.15) is 24.3 Å². The molecule has 0 unspecified atom stereocenters. The second-order valence-corrected chi connectivity index (χ2v) is 5.58. The summed E-state index contributed by atoms with van der Waals surface area (Å²) in [6, 6.07) is 11.4. The molecule has 1 aliphatic rings. The molecule has 0 radical (unpaired) electrons. The Morgan fingerprint density at radius 2 is 1.91 bits per heavy atom. The highest BCUT2D eigenvalue weighted by molar-refractivity contribution is 6.11. The first-order chi connectivity index (χ1) is 11.2. The molecule has 23 heavy (non-hydrogen) atoms. The monoisotopic (exact) mass is 302 g/mol. The standard InChI is InChI=1S/C20H15NO2/c1-4-13-17(5-2)23-18-8-6-7-15-14-10-9-12(22)11-16(14)21(3)20(13)19(15)18/h4-11H,1-2H2,3H3/p+1. The quantitative estimate of drug-likeness (QED) is 0.573. The number of fused-ring (bicyclic) bond motifs is 2. The molecule has 112 valence electrons. The Hall–Kier alpha value is -3.07. The van der Waals surface area contributed by atoms with Crippen LogP contribution in [-0.4, -0.2) is 5.11 Å². The first kappa shape index (κ1) is 13.6.